The molecule has 1 heterocycles. The van der Waals surface area contributed by atoms with Crippen molar-refractivity contribution in [2.24, 2.45) is 5.92 Å². The molecule has 0 unspecified atom stereocenters. The highest BCUT2D eigenvalue weighted by Crippen LogP contribution is 2.31. The number of hydrogen-bond acceptors (Lipinski definition) is 3. The molecule has 3 heteroatoms. The van der Waals surface area contributed by atoms with Crippen molar-refractivity contribution in [3.8, 4) is 0 Å². The Labute approximate surface area is 123 Å². The molecule has 1 aliphatic carbocycles. The van der Waals surface area contributed by atoms with E-state index in [1.54, 1.807) is 0 Å². The number of hydrogen-bond donors (Lipinski definition) is 1. The van der Waals surface area contributed by atoms with Crippen LogP contribution < -0.4 is 10.2 Å². The molecule has 0 atom stereocenters. The van der Waals surface area contributed by atoms with Gasteiger partial charge in [-0.3, -0.25) is 0 Å². The molecular formula is C17H29N3. The monoisotopic (exact) mass is 275 g/mol. The van der Waals surface area contributed by atoms with Crippen molar-refractivity contribution in [1.29, 1.82) is 0 Å². The molecule has 112 valence electrons. The third-order valence-electron chi connectivity index (χ3n) is 3.94. The zero-order valence-electron chi connectivity index (χ0n) is 13.4. The standard InChI is InChI=1S/C17H29N3/c1-5-18-11-15-9-16(13(3)4)19-17(10-15)20(6-2)12-14-7-8-14/h9-10,13-14,18H,5-8,11-12H2,1-4H3. The van der Waals surface area contributed by atoms with Crippen LogP contribution in [-0.4, -0.2) is 24.6 Å². The van der Waals surface area contributed by atoms with Crippen LogP contribution in [0, 0.1) is 5.92 Å². The Balaban J connectivity index is 2.21. The van der Waals surface area contributed by atoms with E-state index in [9.17, 15) is 0 Å². The molecule has 1 fully saturated rings. The number of aromatic nitrogens is 1. The number of pyridine rings is 1. The van der Waals surface area contributed by atoms with Crippen LogP contribution in [0.4, 0.5) is 5.82 Å². The molecule has 1 aromatic rings. The number of nitrogens with zero attached hydrogens (tertiary/aromatic N) is 2. The second kappa shape index (κ2) is 7.07. The summed E-state index contributed by atoms with van der Waals surface area (Å²) in [4.78, 5) is 7.33. The van der Waals surface area contributed by atoms with Gasteiger partial charge in [-0.2, -0.15) is 0 Å². The van der Waals surface area contributed by atoms with Gasteiger partial charge in [-0.1, -0.05) is 20.8 Å². The molecule has 1 aromatic heterocycles. The summed E-state index contributed by atoms with van der Waals surface area (Å²) in [5, 5.41) is 3.42. The third-order valence-corrected chi connectivity index (χ3v) is 3.94. The van der Waals surface area contributed by atoms with Crippen molar-refractivity contribution in [3.05, 3.63) is 23.4 Å². The lowest BCUT2D eigenvalue weighted by Crippen LogP contribution is -2.27. The van der Waals surface area contributed by atoms with Crippen LogP contribution in [-0.2, 0) is 6.54 Å². The van der Waals surface area contributed by atoms with Crippen molar-refractivity contribution in [2.45, 2.75) is 53.0 Å². The maximum Gasteiger partial charge on any atom is 0.129 e. The van der Waals surface area contributed by atoms with Gasteiger partial charge in [-0.25, -0.2) is 4.98 Å². The van der Waals surface area contributed by atoms with Crippen LogP contribution in [0.25, 0.3) is 0 Å². The first-order valence-electron chi connectivity index (χ1n) is 8.10. The fraction of sp³-hybridized carbons (Fsp3) is 0.706. The first-order valence-corrected chi connectivity index (χ1v) is 8.10. The summed E-state index contributed by atoms with van der Waals surface area (Å²) >= 11 is 0. The summed E-state index contributed by atoms with van der Waals surface area (Å²) in [5.41, 5.74) is 2.57. The normalized spacial score (nSPS) is 14.8. The first kappa shape index (κ1) is 15.3. The molecular weight excluding hydrogens is 246 g/mol. The Bertz CT molecular complexity index is 424. The van der Waals surface area contributed by atoms with E-state index in [4.69, 9.17) is 4.98 Å². The largest absolute Gasteiger partial charge is 0.357 e. The van der Waals surface area contributed by atoms with Crippen LogP contribution in [0.2, 0.25) is 0 Å². The lowest BCUT2D eigenvalue weighted by Gasteiger charge is -2.24. The summed E-state index contributed by atoms with van der Waals surface area (Å²) in [6.07, 6.45) is 2.79. The van der Waals surface area contributed by atoms with E-state index < -0.39 is 0 Å². The lowest BCUT2D eigenvalue weighted by molar-refractivity contribution is 0.705. The predicted octanol–water partition coefficient (Wildman–Crippen LogP) is 3.55. The molecule has 0 amide bonds. The zero-order chi connectivity index (χ0) is 14.5. The van der Waals surface area contributed by atoms with Gasteiger partial charge in [0.15, 0.2) is 0 Å². The van der Waals surface area contributed by atoms with Gasteiger partial charge in [0.05, 0.1) is 0 Å². The maximum atomic E-state index is 4.89. The fourth-order valence-electron chi connectivity index (χ4n) is 2.42. The van der Waals surface area contributed by atoms with Gasteiger partial charge in [0.2, 0.25) is 0 Å². The Hall–Kier alpha value is -1.09. The highest BCUT2D eigenvalue weighted by molar-refractivity contribution is 5.43. The molecule has 2 rings (SSSR count). The van der Waals surface area contributed by atoms with E-state index in [1.165, 1.54) is 36.5 Å². The van der Waals surface area contributed by atoms with Crippen molar-refractivity contribution >= 4 is 5.82 Å². The third kappa shape index (κ3) is 4.20. The van der Waals surface area contributed by atoms with Gasteiger partial charge in [0.1, 0.15) is 5.82 Å². The highest BCUT2D eigenvalue weighted by Gasteiger charge is 2.24. The molecule has 0 saturated heterocycles. The number of rotatable bonds is 8. The van der Waals surface area contributed by atoms with E-state index in [0.29, 0.717) is 5.92 Å². The Morgan fingerprint density at radius 1 is 1.30 bits per heavy atom. The van der Waals surface area contributed by atoms with Gasteiger partial charge in [0, 0.05) is 25.3 Å². The van der Waals surface area contributed by atoms with Gasteiger partial charge >= 0.3 is 0 Å². The molecule has 3 nitrogen and oxygen atoms in total. The molecule has 20 heavy (non-hydrogen) atoms. The van der Waals surface area contributed by atoms with E-state index in [2.05, 4.69) is 50.0 Å². The SMILES string of the molecule is CCNCc1cc(C(C)C)nc(N(CC)CC2CC2)c1. The molecule has 1 saturated carbocycles. The average Bonchev–Trinajstić information content (AvgIpc) is 3.26. The lowest BCUT2D eigenvalue weighted by atomic mass is 10.1. The summed E-state index contributed by atoms with van der Waals surface area (Å²) in [7, 11) is 0. The quantitative estimate of drug-likeness (QED) is 0.786. The molecule has 0 radical (unpaired) electrons. The summed E-state index contributed by atoms with van der Waals surface area (Å²) in [6, 6.07) is 4.52. The maximum absolute atomic E-state index is 4.89. The van der Waals surface area contributed by atoms with Gasteiger partial charge in [-0.15, -0.1) is 0 Å². The van der Waals surface area contributed by atoms with Crippen molar-refractivity contribution in [1.82, 2.24) is 10.3 Å². The van der Waals surface area contributed by atoms with Crippen molar-refractivity contribution in [2.75, 3.05) is 24.5 Å². The predicted molar refractivity (Wildman–Crippen MR) is 86.3 cm³/mol. The number of nitrogens with one attached hydrogen (secondary N) is 1. The molecule has 0 aromatic carbocycles. The van der Waals surface area contributed by atoms with Crippen molar-refractivity contribution < 1.29 is 0 Å². The molecule has 0 aliphatic heterocycles. The van der Waals surface area contributed by atoms with E-state index in [0.717, 1.165) is 25.6 Å². The van der Waals surface area contributed by atoms with Crippen molar-refractivity contribution in [3.63, 3.8) is 0 Å². The minimum absolute atomic E-state index is 0.481. The second-order valence-corrected chi connectivity index (χ2v) is 6.18. The van der Waals surface area contributed by atoms with Gasteiger partial charge < -0.3 is 10.2 Å². The van der Waals surface area contributed by atoms with Gasteiger partial charge in [0.25, 0.3) is 0 Å². The topological polar surface area (TPSA) is 28.2 Å². The second-order valence-electron chi connectivity index (χ2n) is 6.18. The number of anilines is 1. The average molecular weight is 275 g/mol. The minimum Gasteiger partial charge on any atom is -0.357 e. The van der Waals surface area contributed by atoms with Crippen LogP contribution in [0.3, 0.4) is 0 Å². The molecule has 0 spiro atoms. The minimum atomic E-state index is 0.481. The Morgan fingerprint density at radius 2 is 2.05 bits per heavy atom. The van der Waals surface area contributed by atoms with Crippen LogP contribution in [0.15, 0.2) is 12.1 Å². The molecule has 1 N–H and O–H groups in total. The van der Waals surface area contributed by atoms with E-state index in [1.807, 2.05) is 0 Å². The van der Waals surface area contributed by atoms with Crippen LogP contribution in [0.5, 0.6) is 0 Å². The van der Waals surface area contributed by atoms with Gasteiger partial charge in [-0.05, 0) is 55.8 Å². The summed E-state index contributed by atoms with van der Waals surface area (Å²) in [5.74, 6) is 2.55. The smallest absolute Gasteiger partial charge is 0.129 e. The highest BCUT2D eigenvalue weighted by atomic mass is 15.2. The van der Waals surface area contributed by atoms with E-state index in [-0.39, 0.29) is 0 Å². The first-order chi connectivity index (χ1) is 9.63. The summed E-state index contributed by atoms with van der Waals surface area (Å²) < 4.78 is 0. The summed E-state index contributed by atoms with van der Waals surface area (Å²) in [6.45, 7) is 13.0. The van der Waals surface area contributed by atoms with E-state index >= 15 is 0 Å². The zero-order valence-corrected chi connectivity index (χ0v) is 13.4. The molecule has 0 bridgehead atoms. The molecule has 1 aliphatic rings. The fourth-order valence-corrected chi connectivity index (χ4v) is 2.42. The Morgan fingerprint density at radius 3 is 2.60 bits per heavy atom. The van der Waals surface area contributed by atoms with Crippen LogP contribution in [0.1, 0.15) is 57.7 Å². The van der Waals surface area contributed by atoms with Crippen LogP contribution >= 0.6 is 0 Å². The Kier molecular flexibility index (Phi) is 5.41.